The maximum absolute atomic E-state index is 12.3. The predicted octanol–water partition coefficient (Wildman–Crippen LogP) is 1.78. The highest BCUT2D eigenvalue weighted by Gasteiger charge is 2.24. The molecule has 2 atom stereocenters. The van der Waals surface area contributed by atoms with Crippen LogP contribution in [0.4, 0.5) is 11.4 Å². The van der Waals surface area contributed by atoms with Crippen molar-refractivity contribution >= 4 is 29.7 Å². The van der Waals surface area contributed by atoms with Crippen LogP contribution < -0.4 is 16.4 Å². The van der Waals surface area contributed by atoms with Crippen LogP contribution in [0.25, 0.3) is 0 Å². The van der Waals surface area contributed by atoms with Gasteiger partial charge in [-0.3, -0.25) is 14.9 Å². The van der Waals surface area contributed by atoms with Gasteiger partial charge in [0.15, 0.2) is 0 Å². The first-order valence-electron chi connectivity index (χ1n) is 6.97. The molecule has 0 bridgehead atoms. The summed E-state index contributed by atoms with van der Waals surface area (Å²) in [6.45, 7) is 4.61. The predicted molar refractivity (Wildman–Crippen MR) is 87.4 cm³/mol. The zero-order valence-corrected chi connectivity index (χ0v) is 13.4. The molecule has 1 fully saturated rings. The number of amides is 1. The highest BCUT2D eigenvalue weighted by atomic mass is 35.5. The Kier molecular flexibility index (Phi) is 6.13. The number of benzene rings is 1. The van der Waals surface area contributed by atoms with Crippen LogP contribution in [0.3, 0.4) is 0 Å². The lowest BCUT2D eigenvalue weighted by atomic mass is 9.99. The minimum atomic E-state index is -0.564. The standard InChI is InChI=1S/C14H20N4O3.ClH/c1-8-5-11(13(15)12(6-8)18(20)21)14(19)17-10-3-4-16-9(2)7-10;/h5-6,9-10,16H,3-4,7,15H2,1-2H3,(H,17,19);1H. The number of nitro groups is 1. The van der Waals surface area contributed by atoms with E-state index in [1.165, 1.54) is 6.07 Å². The van der Waals surface area contributed by atoms with Gasteiger partial charge in [-0.25, -0.2) is 0 Å². The van der Waals surface area contributed by atoms with E-state index in [-0.39, 0.29) is 41.3 Å². The van der Waals surface area contributed by atoms with Gasteiger partial charge in [0, 0.05) is 18.2 Å². The summed E-state index contributed by atoms with van der Waals surface area (Å²) in [6, 6.07) is 3.36. The van der Waals surface area contributed by atoms with Crippen molar-refractivity contribution < 1.29 is 9.72 Å². The van der Waals surface area contributed by atoms with Crippen LogP contribution in [-0.4, -0.2) is 29.5 Å². The van der Waals surface area contributed by atoms with E-state index in [2.05, 4.69) is 17.6 Å². The van der Waals surface area contributed by atoms with Gasteiger partial charge in [-0.05, 0) is 44.9 Å². The summed E-state index contributed by atoms with van der Waals surface area (Å²) < 4.78 is 0. The third kappa shape index (κ3) is 4.08. The molecule has 2 rings (SSSR count). The second-order valence-corrected chi connectivity index (χ2v) is 5.55. The molecule has 1 amide bonds. The van der Waals surface area contributed by atoms with Crippen LogP contribution in [0, 0.1) is 17.0 Å². The maximum atomic E-state index is 12.3. The first-order chi connectivity index (χ1) is 9.88. The number of carbonyl (C=O) groups is 1. The summed E-state index contributed by atoms with van der Waals surface area (Å²) in [5, 5.41) is 17.2. The minimum absolute atomic E-state index is 0. The Morgan fingerprint density at radius 3 is 2.77 bits per heavy atom. The Balaban J connectivity index is 0.00000242. The molecule has 1 aromatic rings. The quantitative estimate of drug-likeness (QED) is 0.445. The first-order valence-corrected chi connectivity index (χ1v) is 6.97. The summed E-state index contributed by atoms with van der Waals surface area (Å²) in [6.07, 6.45) is 1.67. The Labute approximate surface area is 135 Å². The smallest absolute Gasteiger partial charge is 0.293 e. The third-order valence-corrected chi connectivity index (χ3v) is 3.70. The molecule has 0 saturated carbocycles. The van der Waals surface area contributed by atoms with Gasteiger partial charge in [-0.15, -0.1) is 12.4 Å². The van der Waals surface area contributed by atoms with Crippen molar-refractivity contribution in [1.82, 2.24) is 10.6 Å². The Morgan fingerprint density at radius 1 is 1.50 bits per heavy atom. The molecule has 122 valence electrons. The summed E-state index contributed by atoms with van der Waals surface area (Å²) in [5.74, 6) is -0.349. The number of nitrogens with two attached hydrogens (primary N) is 1. The molecule has 0 aromatic heterocycles. The molecule has 1 aliphatic heterocycles. The topological polar surface area (TPSA) is 110 Å². The van der Waals surface area contributed by atoms with Crippen molar-refractivity contribution in [2.45, 2.75) is 38.8 Å². The Bertz CT molecular complexity index is 579. The molecule has 7 nitrogen and oxygen atoms in total. The lowest BCUT2D eigenvalue weighted by Crippen LogP contribution is -2.46. The Morgan fingerprint density at radius 2 is 2.18 bits per heavy atom. The molecular weight excluding hydrogens is 308 g/mol. The second kappa shape index (κ2) is 7.42. The van der Waals surface area contributed by atoms with E-state index in [4.69, 9.17) is 5.73 Å². The van der Waals surface area contributed by atoms with Gasteiger partial charge < -0.3 is 16.4 Å². The molecule has 1 aromatic carbocycles. The average molecular weight is 329 g/mol. The number of nitrogens with one attached hydrogen (secondary N) is 2. The van der Waals surface area contributed by atoms with Crippen LogP contribution in [0.15, 0.2) is 12.1 Å². The van der Waals surface area contributed by atoms with Gasteiger partial charge in [0.05, 0.1) is 10.5 Å². The van der Waals surface area contributed by atoms with Crippen LogP contribution in [0.1, 0.15) is 35.7 Å². The van der Waals surface area contributed by atoms with E-state index in [9.17, 15) is 14.9 Å². The van der Waals surface area contributed by atoms with Crippen molar-refractivity contribution in [3.8, 4) is 0 Å². The van der Waals surface area contributed by atoms with E-state index >= 15 is 0 Å². The van der Waals surface area contributed by atoms with Crippen LogP contribution in [0.5, 0.6) is 0 Å². The van der Waals surface area contributed by atoms with Crippen LogP contribution in [0.2, 0.25) is 0 Å². The zero-order valence-electron chi connectivity index (χ0n) is 12.6. The number of nitro benzene ring substituents is 1. The summed E-state index contributed by atoms with van der Waals surface area (Å²) in [5.41, 5.74) is 6.28. The fraction of sp³-hybridized carbons (Fsp3) is 0.500. The molecule has 1 heterocycles. The van der Waals surface area contributed by atoms with Crippen molar-refractivity contribution in [3.63, 3.8) is 0 Å². The van der Waals surface area contributed by atoms with Crippen molar-refractivity contribution in [3.05, 3.63) is 33.4 Å². The molecule has 8 heteroatoms. The number of piperidine rings is 1. The van der Waals surface area contributed by atoms with Gasteiger partial charge in [0.2, 0.25) is 0 Å². The van der Waals surface area contributed by atoms with Crippen molar-refractivity contribution in [1.29, 1.82) is 0 Å². The highest BCUT2D eigenvalue weighted by Crippen LogP contribution is 2.27. The number of aryl methyl sites for hydroxylation is 1. The monoisotopic (exact) mass is 328 g/mol. The number of hydrogen-bond acceptors (Lipinski definition) is 5. The summed E-state index contributed by atoms with van der Waals surface area (Å²) in [4.78, 5) is 22.7. The number of nitrogens with zero attached hydrogens (tertiary/aromatic N) is 1. The van der Waals surface area contributed by atoms with Crippen molar-refractivity contribution in [2.24, 2.45) is 0 Å². The lowest BCUT2D eigenvalue weighted by molar-refractivity contribution is -0.384. The molecule has 1 saturated heterocycles. The van der Waals surface area contributed by atoms with E-state index in [1.54, 1.807) is 13.0 Å². The average Bonchev–Trinajstić information content (AvgIpc) is 2.40. The SMILES string of the molecule is Cc1cc(C(=O)NC2CCNC(C)C2)c(N)c([N+](=O)[O-])c1.Cl. The molecule has 0 radical (unpaired) electrons. The first kappa shape index (κ1) is 18.2. The lowest BCUT2D eigenvalue weighted by Gasteiger charge is -2.28. The number of anilines is 1. The number of carbonyl (C=O) groups excluding carboxylic acids is 1. The molecule has 2 unspecified atom stereocenters. The summed E-state index contributed by atoms with van der Waals surface area (Å²) in [7, 11) is 0. The molecule has 4 N–H and O–H groups in total. The summed E-state index contributed by atoms with van der Waals surface area (Å²) >= 11 is 0. The fourth-order valence-electron chi connectivity index (χ4n) is 2.64. The highest BCUT2D eigenvalue weighted by molar-refractivity contribution is 6.01. The zero-order chi connectivity index (χ0) is 15.6. The van der Waals surface area contributed by atoms with Crippen LogP contribution >= 0.6 is 12.4 Å². The van der Waals surface area contributed by atoms with Gasteiger partial charge >= 0.3 is 0 Å². The number of halogens is 1. The van der Waals surface area contributed by atoms with Crippen molar-refractivity contribution in [2.75, 3.05) is 12.3 Å². The number of rotatable bonds is 3. The fourth-order valence-corrected chi connectivity index (χ4v) is 2.64. The number of hydrogen-bond donors (Lipinski definition) is 3. The van der Waals surface area contributed by atoms with Gasteiger partial charge in [0.1, 0.15) is 5.69 Å². The second-order valence-electron chi connectivity index (χ2n) is 5.55. The third-order valence-electron chi connectivity index (χ3n) is 3.70. The molecule has 22 heavy (non-hydrogen) atoms. The van der Waals surface area contributed by atoms with E-state index in [1.807, 2.05) is 0 Å². The normalized spacial score (nSPS) is 20.8. The molecule has 1 aliphatic rings. The molecular formula is C14H21ClN4O3. The van der Waals surface area contributed by atoms with E-state index in [0.717, 1.165) is 19.4 Å². The molecule has 0 aliphatic carbocycles. The number of nitrogen functional groups attached to an aromatic ring is 1. The van der Waals surface area contributed by atoms with Crippen LogP contribution in [-0.2, 0) is 0 Å². The van der Waals surface area contributed by atoms with Gasteiger partial charge in [0.25, 0.3) is 11.6 Å². The maximum Gasteiger partial charge on any atom is 0.293 e. The largest absolute Gasteiger partial charge is 0.393 e. The van der Waals surface area contributed by atoms with E-state index < -0.39 is 4.92 Å². The van der Waals surface area contributed by atoms with E-state index in [0.29, 0.717) is 11.6 Å². The molecule has 0 spiro atoms. The minimum Gasteiger partial charge on any atom is -0.393 e. The van der Waals surface area contributed by atoms with Gasteiger partial charge in [-0.1, -0.05) is 0 Å². The van der Waals surface area contributed by atoms with Gasteiger partial charge in [-0.2, -0.15) is 0 Å². The Hall–Kier alpha value is -1.86.